The summed E-state index contributed by atoms with van der Waals surface area (Å²) in [6.45, 7) is 4.31. The minimum atomic E-state index is -0.259. The van der Waals surface area contributed by atoms with Crippen molar-refractivity contribution in [3.8, 4) is 0 Å². The van der Waals surface area contributed by atoms with Crippen molar-refractivity contribution in [2.45, 2.75) is 6.92 Å². The molecule has 0 aliphatic heterocycles. The van der Waals surface area contributed by atoms with Crippen molar-refractivity contribution in [2.24, 2.45) is 0 Å². The lowest BCUT2D eigenvalue weighted by Crippen LogP contribution is -2.36. The van der Waals surface area contributed by atoms with Gasteiger partial charge in [0, 0.05) is 38.0 Å². The third-order valence-electron chi connectivity index (χ3n) is 3.01. The molecule has 1 aromatic carbocycles. The van der Waals surface area contributed by atoms with E-state index in [4.69, 9.17) is 4.74 Å². The Balaban J connectivity index is 2.28. The summed E-state index contributed by atoms with van der Waals surface area (Å²) in [5, 5.41) is 5.50. The van der Waals surface area contributed by atoms with E-state index < -0.39 is 0 Å². The molecule has 2 amide bonds. The molecule has 1 rings (SSSR count). The van der Waals surface area contributed by atoms with Crippen LogP contribution in [0.4, 0.5) is 10.5 Å². The van der Waals surface area contributed by atoms with Gasteiger partial charge in [-0.05, 0) is 38.2 Å². The first kappa shape index (κ1) is 17.1. The summed E-state index contributed by atoms with van der Waals surface area (Å²) in [7, 11) is 3.63. The third kappa shape index (κ3) is 6.87. The van der Waals surface area contributed by atoms with Gasteiger partial charge in [0.15, 0.2) is 5.78 Å². The number of amides is 2. The number of ether oxygens (including phenoxy) is 1. The standard InChI is InChI=1S/C15H23N3O3/c1-12(19)13-4-6-14(7-5-13)17-15(20)16-8-9-18(2)10-11-21-3/h4-7H,8-11H2,1-3H3,(H2,16,17,20). The van der Waals surface area contributed by atoms with Gasteiger partial charge in [-0.15, -0.1) is 0 Å². The molecule has 0 radical (unpaired) electrons. The molecule has 0 fully saturated rings. The minimum Gasteiger partial charge on any atom is -0.383 e. The fraction of sp³-hybridized carbons (Fsp3) is 0.467. The number of nitrogens with zero attached hydrogens (tertiary/aromatic N) is 1. The first-order valence-electron chi connectivity index (χ1n) is 6.86. The van der Waals surface area contributed by atoms with E-state index in [1.54, 1.807) is 31.4 Å². The molecule has 2 N–H and O–H groups in total. The normalized spacial score (nSPS) is 10.5. The summed E-state index contributed by atoms with van der Waals surface area (Å²) in [4.78, 5) is 24.9. The van der Waals surface area contributed by atoms with E-state index in [9.17, 15) is 9.59 Å². The van der Waals surface area contributed by atoms with Gasteiger partial charge >= 0.3 is 6.03 Å². The Morgan fingerprint density at radius 1 is 1.19 bits per heavy atom. The van der Waals surface area contributed by atoms with Gasteiger partial charge in [-0.3, -0.25) is 4.79 Å². The quantitative estimate of drug-likeness (QED) is 0.714. The van der Waals surface area contributed by atoms with Crippen LogP contribution in [0.5, 0.6) is 0 Å². The molecule has 0 aliphatic carbocycles. The van der Waals surface area contributed by atoms with Crippen molar-refractivity contribution in [2.75, 3.05) is 45.7 Å². The van der Waals surface area contributed by atoms with Crippen LogP contribution in [-0.2, 0) is 4.74 Å². The van der Waals surface area contributed by atoms with Gasteiger partial charge in [0.2, 0.25) is 0 Å². The monoisotopic (exact) mass is 293 g/mol. The first-order valence-corrected chi connectivity index (χ1v) is 6.86. The highest BCUT2D eigenvalue weighted by molar-refractivity contribution is 5.95. The Morgan fingerprint density at radius 2 is 1.86 bits per heavy atom. The van der Waals surface area contributed by atoms with E-state index in [0.717, 1.165) is 13.1 Å². The molecule has 6 nitrogen and oxygen atoms in total. The average Bonchev–Trinajstić information content (AvgIpc) is 2.45. The van der Waals surface area contributed by atoms with Crippen LogP contribution in [0.3, 0.4) is 0 Å². The maximum absolute atomic E-state index is 11.7. The summed E-state index contributed by atoms with van der Waals surface area (Å²) >= 11 is 0. The number of urea groups is 1. The topological polar surface area (TPSA) is 70.7 Å². The van der Waals surface area contributed by atoms with E-state index in [-0.39, 0.29) is 11.8 Å². The molecule has 0 bridgehead atoms. The van der Waals surface area contributed by atoms with Gasteiger partial charge in [0.05, 0.1) is 6.61 Å². The molecule has 0 saturated heterocycles. The van der Waals surface area contributed by atoms with Crippen LogP contribution in [0.1, 0.15) is 17.3 Å². The number of nitrogens with one attached hydrogen (secondary N) is 2. The molecule has 0 spiro atoms. The summed E-state index contributed by atoms with van der Waals surface area (Å²) in [6.07, 6.45) is 0. The number of Topliss-reactive ketones (excluding diaryl/α,β-unsaturated/α-hetero) is 1. The Labute approximate surface area is 125 Å². The Hall–Kier alpha value is -1.92. The van der Waals surface area contributed by atoms with Crippen molar-refractivity contribution in [1.29, 1.82) is 0 Å². The first-order chi connectivity index (χ1) is 10.0. The summed E-state index contributed by atoms with van der Waals surface area (Å²) in [5.74, 6) is 0.00472. The van der Waals surface area contributed by atoms with E-state index in [1.807, 2.05) is 7.05 Å². The molecular formula is C15H23N3O3. The molecule has 0 unspecified atom stereocenters. The van der Waals surface area contributed by atoms with E-state index in [2.05, 4.69) is 15.5 Å². The smallest absolute Gasteiger partial charge is 0.319 e. The number of hydrogen-bond acceptors (Lipinski definition) is 4. The number of likely N-dealkylation sites (N-methyl/N-ethyl adjacent to an activating group) is 1. The van der Waals surface area contributed by atoms with Crippen molar-refractivity contribution < 1.29 is 14.3 Å². The zero-order valence-electron chi connectivity index (χ0n) is 12.8. The maximum Gasteiger partial charge on any atom is 0.319 e. The summed E-state index contributed by atoms with van der Waals surface area (Å²) in [6, 6.07) is 6.54. The second kappa shape index (κ2) is 9.10. The predicted molar refractivity (Wildman–Crippen MR) is 82.8 cm³/mol. The molecule has 0 aliphatic rings. The van der Waals surface area contributed by atoms with Crippen molar-refractivity contribution >= 4 is 17.5 Å². The van der Waals surface area contributed by atoms with E-state index in [1.165, 1.54) is 6.92 Å². The lowest BCUT2D eigenvalue weighted by Gasteiger charge is -2.16. The van der Waals surface area contributed by atoms with Crippen molar-refractivity contribution in [1.82, 2.24) is 10.2 Å². The number of carbonyl (C=O) groups is 2. The van der Waals surface area contributed by atoms with Crippen molar-refractivity contribution in [3.63, 3.8) is 0 Å². The highest BCUT2D eigenvalue weighted by Crippen LogP contribution is 2.09. The van der Waals surface area contributed by atoms with Crippen LogP contribution < -0.4 is 10.6 Å². The molecule has 0 saturated carbocycles. The molecule has 0 aromatic heterocycles. The van der Waals surface area contributed by atoms with Crippen molar-refractivity contribution in [3.05, 3.63) is 29.8 Å². The second-order valence-corrected chi connectivity index (χ2v) is 4.81. The van der Waals surface area contributed by atoms with Crippen LogP contribution in [0.25, 0.3) is 0 Å². The zero-order valence-corrected chi connectivity index (χ0v) is 12.8. The largest absolute Gasteiger partial charge is 0.383 e. The molecule has 21 heavy (non-hydrogen) atoms. The lowest BCUT2D eigenvalue weighted by atomic mass is 10.1. The molecule has 116 valence electrons. The fourth-order valence-corrected chi connectivity index (χ4v) is 1.68. The predicted octanol–water partition coefficient (Wildman–Crippen LogP) is 1.59. The Bertz CT molecular complexity index is 460. The highest BCUT2D eigenvalue weighted by Gasteiger charge is 2.04. The Kier molecular flexibility index (Phi) is 7.42. The van der Waals surface area contributed by atoms with Crippen LogP contribution in [0.2, 0.25) is 0 Å². The number of anilines is 1. The molecular weight excluding hydrogens is 270 g/mol. The summed E-state index contributed by atoms with van der Waals surface area (Å²) < 4.78 is 4.98. The highest BCUT2D eigenvalue weighted by atomic mass is 16.5. The zero-order chi connectivity index (χ0) is 15.7. The average molecular weight is 293 g/mol. The number of hydrogen-bond donors (Lipinski definition) is 2. The molecule has 6 heteroatoms. The number of carbonyl (C=O) groups excluding carboxylic acids is 2. The van der Waals surface area contributed by atoms with Gasteiger partial charge in [-0.1, -0.05) is 0 Å². The third-order valence-corrected chi connectivity index (χ3v) is 3.01. The van der Waals surface area contributed by atoms with Gasteiger partial charge in [-0.2, -0.15) is 0 Å². The molecule has 1 aromatic rings. The van der Waals surface area contributed by atoms with Crippen LogP contribution >= 0.6 is 0 Å². The SMILES string of the molecule is COCCN(C)CCNC(=O)Nc1ccc(C(C)=O)cc1. The maximum atomic E-state index is 11.7. The van der Waals surface area contributed by atoms with E-state index in [0.29, 0.717) is 24.4 Å². The lowest BCUT2D eigenvalue weighted by molar-refractivity contribution is 0.101. The van der Waals surface area contributed by atoms with Crippen LogP contribution in [-0.4, -0.2) is 57.1 Å². The number of benzene rings is 1. The number of methoxy groups -OCH3 is 1. The minimum absolute atomic E-state index is 0.00472. The second-order valence-electron chi connectivity index (χ2n) is 4.81. The summed E-state index contributed by atoms with van der Waals surface area (Å²) in [5.41, 5.74) is 1.28. The van der Waals surface area contributed by atoms with E-state index >= 15 is 0 Å². The van der Waals surface area contributed by atoms with Gasteiger partial charge < -0.3 is 20.3 Å². The van der Waals surface area contributed by atoms with Gasteiger partial charge in [0.25, 0.3) is 0 Å². The number of ketones is 1. The van der Waals surface area contributed by atoms with Gasteiger partial charge in [0.1, 0.15) is 0 Å². The number of rotatable bonds is 8. The fourth-order valence-electron chi connectivity index (χ4n) is 1.68. The van der Waals surface area contributed by atoms with Crippen LogP contribution in [0, 0.1) is 0 Å². The Morgan fingerprint density at radius 3 is 2.43 bits per heavy atom. The van der Waals surface area contributed by atoms with Crippen LogP contribution in [0.15, 0.2) is 24.3 Å². The molecule has 0 heterocycles. The van der Waals surface area contributed by atoms with Gasteiger partial charge in [-0.25, -0.2) is 4.79 Å². The molecule has 0 atom stereocenters.